The van der Waals surface area contributed by atoms with E-state index in [0.29, 0.717) is 31.3 Å². The lowest BCUT2D eigenvalue weighted by atomic mass is 10.2. The highest BCUT2D eigenvalue weighted by atomic mass is 16.5. The van der Waals surface area contributed by atoms with Crippen LogP contribution in [0.1, 0.15) is 18.1 Å². The second-order valence-corrected chi connectivity index (χ2v) is 6.69. The van der Waals surface area contributed by atoms with Crippen LogP contribution in [-0.2, 0) is 17.7 Å². The molecule has 1 aromatic carbocycles. The monoisotopic (exact) mass is 406 g/mol. The van der Waals surface area contributed by atoms with Crippen molar-refractivity contribution < 1.29 is 14.3 Å². The van der Waals surface area contributed by atoms with Gasteiger partial charge in [0.25, 0.3) is 0 Å². The van der Waals surface area contributed by atoms with Gasteiger partial charge in [0.05, 0.1) is 18.5 Å². The molecule has 0 spiro atoms. The SMILES string of the molecule is CCc1cccc(Oc2ccc(NC(=O)N(CCOC)Cc3cccnc3)cn2)c1. The minimum Gasteiger partial charge on any atom is -0.439 e. The predicted molar refractivity (Wildman–Crippen MR) is 116 cm³/mol. The van der Waals surface area contributed by atoms with Crippen molar-refractivity contribution >= 4 is 11.7 Å². The van der Waals surface area contributed by atoms with Crippen molar-refractivity contribution in [2.45, 2.75) is 19.9 Å². The summed E-state index contributed by atoms with van der Waals surface area (Å²) in [5, 5.41) is 2.87. The van der Waals surface area contributed by atoms with E-state index in [1.54, 1.807) is 42.7 Å². The average Bonchev–Trinajstić information content (AvgIpc) is 2.78. The van der Waals surface area contributed by atoms with E-state index in [9.17, 15) is 4.79 Å². The molecule has 0 bridgehead atoms. The lowest BCUT2D eigenvalue weighted by Crippen LogP contribution is -2.36. The number of carbonyl (C=O) groups is 1. The molecule has 0 unspecified atom stereocenters. The van der Waals surface area contributed by atoms with Crippen LogP contribution < -0.4 is 10.1 Å². The summed E-state index contributed by atoms with van der Waals surface area (Å²) >= 11 is 0. The second-order valence-electron chi connectivity index (χ2n) is 6.69. The topological polar surface area (TPSA) is 76.6 Å². The number of hydrogen-bond donors (Lipinski definition) is 1. The van der Waals surface area contributed by atoms with Gasteiger partial charge in [0, 0.05) is 38.7 Å². The van der Waals surface area contributed by atoms with Gasteiger partial charge in [-0.1, -0.05) is 25.1 Å². The smallest absolute Gasteiger partial charge is 0.322 e. The van der Waals surface area contributed by atoms with Gasteiger partial charge in [-0.05, 0) is 41.8 Å². The number of methoxy groups -OCH3 is 1. The van der Waals surface area contributed by atoms with E-state index in [-0.39, 0.29) is 6.03 Å². The van der Waals surface area contributed by atoms with Crippen molar-refractivity contribution in [2.24, 2.45) is 0 Å². The highest BCUT2D eigenvalue weighted by Gasteiger charge is 2.14. The summed E-state index contributed by atoms with van der Waals surface area (Å²) in [6.45, 7) is 3.43. The first-order chi connectivity index (χ1) is 14.7. The molecule has 7 heteroatoms. The molecule has 0 aliphatic rings. The Morgan fingerprint density at radius 3 is 2.67 bits per heavy atom. The van der Waals surface area contributed by atoms with Gasteiger partial charge in [0.15, 0.2) is 0 Å². The van der Waals surface area contributed by atoms with Crippen LogP contribution in [0.4, 0.5) is 10.5 Å². The van der Waals surface area contributed by atoms with Crippen molar-refractivity contribution in [1.82, 2.24) is 14.9 Å². The third-order valence-corrected chi connectivity index (χ3v) is 4.47. The van der Waals surface area contributed by atoms with E-state index in [2.05, 4.69) is 28.3 Å². The lowest BCUT2D eigenvalue weighted by molar-refractivity contribution is 0.153. The number of nitrogens with zero attached hydrogens (tertiary/aromatic N) is 3. The fourth-order valence-corrected chi connectivity index (χ4v) is 2.83. The van der Waals surface area contributed by atoms with Crippen molar-refractivity contribution in [3.05, 3.63) is 78.2 Å². The lowest BCUT2D eigenvalue weighted by Gasteiger charge is -2.22. The molecule has 1 N–H and O–H groups in total. The third kappa shape index (κ3) is 6.28. The van der Waals surface area contributed by atoms with Crippen LogP contribution in [-0.4, -0.2) is 41.2 Å². The minimum atomic E-state index is -0.234. The fraction of sp³-hybridized carbons (Fsp3) is 0.261. The molecule has 0 radical (unpaired) electrons. The molecule has 2 amide bonds. The Bertz CT molecular complexity index is 933. The van der Waals surface area contributed by atoms with Gasteiger partial charge in [-0.2, -0.15) is 0 Å². The molecule has 156 valence electrons. The van der Waals surface area contributed by atoms with E-state index in [1.807, 2.05) is 30.3 Å². The molecule has 0 saturated carbocycles. The van der Waals surface area contributed by atoms with Crippen LogP contribution in [0.3, 0.4) is 0 Å². The maximum absolute atomic E-state index is 12.7. The first-order valence-electron chi connectivity index (χ1n) is 9.84. The summed E-state index contributed by atoms with van der Waals surface area (Å²) in [4.78, 5) is 22.8. The number of rotatable bonds is 9. The second kappa shape index (κ2) is 10.9. The van der Waals surface area contributed by atoms with Gasteiger partial charge in [-0.15, -0.1) is 0 Å². The molecular formula is C23H26N4O3. The zero-order chi connectivity index (χ0) is 21.2. The van der Waals surface area contributed by atoms with E-state index >= 15 is 0 Å². The van der Waals surface area contributed by atoms with E-state index in [4.69, 9.17) is 9.47 Å². The Hall–Kier alpha value is -3.45. The van der Waals surface area contributed by atoms with E-state index in [0.717, 1.165) is 17.7 Å². The first kappa shape index (κ1) is 21.3. The molecule has 7 nitrogen and oxygen atoms in total. The van der Waals surface area contributed by atoms with Crippen LogP contribution in [0.2, 0.25) is 0 Å². The van der Waals surface area contributed by atoms with E-state index < -0.39 is 0 Å². The third-order valence-electron chi connectivity index (χ3n) is 4.47. The molecule has 0 saturated heterocycles. The molecule has 0 aliphatic carbocycles. The van der Waals surface area contributed by atoms with Crippen molar-refractivity contribution in [1.29, 1.82) is 0 Å². The van der Waals surface area contributed by atoms with E-state index in [1.165, 1.54) is 5.56 Å². The van der Waals surface area contributed by atoms with Crippen LogP contribution in [0.15, 0.2) is 67.1 Å². The molecule has 0 atom stereocenters. The Balaban J connectivity index is 1.62. The molecule has 2 heterocycles. The number of aromatic nitrogens is 2. The summed E-state index contributed by atoms with van der Waals surface area (Å²) in [5.74, 6) is 1.20. The minimum absolute atomic E-state index is 0.234. The van der Waals surface area contributed by atoms with Crippen molar-refractivity contribution in [3.63, 3.8) is 0 Å². The Labute approximate surface area is 176 Å². The number of ether oxygens (including phenoxy) is 2. The van der Waals surface area contributed by atoms with Crippen LogP contribution in [0.5, 0.6) is 11.6 Å². The van der Waals surface area contributed by atoms with Crippen LogP contribution >= 0.6 is 0 Å². The number of aryl methyl sites for hydroxylation is 1. The van der Waals surface area contributed by atoms with Gasteiger partial charge in [-0.25, -0.2) is 9.78 Å². The molecule has 0 aliphatic heterocycles. The quantitative estimate of drug-likeness (QED) is 0.566. The van der Waals surface area contributed by atoms with Gasteiger partial charge < -0.3 is 19.7 Å². The fourth-order valence-electron chi connectivity index (χ4n) is 2.83. The molecule has 3 rings (SSSR count). The summed E-state index contributed by atoms with van der Waals surface area (Å²) in [5.41, 5.74) is 2.73. The molecule has 30 heavy (non-hydrogen) atoms. The number of pyridine rings is 2. The first-order valence-corrected chi connectivity index (χ1v) is 9.84. The number of urea groups is 1. The molecule has 2 aromatic heterocycles. The standard InChI is InChI=1S/C23H26N4O3/c1-3-18-6-4-8-21(14-18)30-22-10-9-20(16-25-22)26-23(28)27(12-13-29-2)17-19-7-5-11-24-15-19/h4-11,14-16H,3,12-13,17H2,1-2H3,(H,26,28). The number of anilines is 1. The number of nitrogens with one attached hydrogen (secondary N) is 1. The van der Waals surface area contributed by atoms with Crippen molar-refractivity contribution in [2.75, 3.05) is 25.6 Å². The zero-order valence-corrected chi connectivity index (χ0v) is 17.2. The number of carbonyl (C=O) groups excluding carboxylic acids is 1. The molecule has 3 aromatic rings. The number of benzene rings is 1. The highest BCUT2D eigenvalue weighted by molar-refractivity contribution is 5.89. The van der Waals surface area contributed by atoms with Crippen LogP contribution in [0, 0.1) is 0 Å². The normalized spacial score (nSPS) is 10.5. The number of amides is 2. The van der Waals surface area contributed by atoms with Crippen molar-refractivity contribution in [3.8, 4) is 11.6 Å². The van der Waals surface area contributed by atoms with Crippen LogP contribution in [0.25, 0.3) is 0 Å². The van der Waals surface area contributed by atoms with Gasteiger partial charge in [-0.3, -0.25) is 4.98 Å². The predicted octanol–water partition coefficient (Wildman–Crippen LogP) is 4.51. The Morgan fingerprint density at radius 2 is 1.97 bits per heavy atom. The highest BCUT2D eigenvalue weighted by Crippen LogP contribution is 2.22. The summed E-state index contributed by atoms with van der Waals surface area (Å²) < 4.78 is 10.9. The maximum Gasteiger partial charge on any atom is 0.322 e. The summed E-state index contributed by atoms with van der Waals surface area (Å²) in [6.07, 6.45) is 5.97. The largest absolute Gasteiger partial charge is 0.439 e. The maximum atomic E-state index is 12.7. The Kier molecular flexibility index (Phi) is 7.74. The number of hydrogen-bond acceptors (Lipinski definition) is 5. The molecular weight excluding hydrogens is 380 g/mol. The van der Waals surface area contributed by atoms with Gasteiger partial charge >= 0.3 is 6.03 Å². The zero-order valence-electron chi connectivity index (χ0n) is 17.2. The average molecular weight is 406 g/mol. The summed E-state index contributed by atoms with van der Waals surface area (Å²) in [7, 11) is 1.61. The van der Waals surface area contributed by atoms with Gasteiger partial charge in [0.2, 0.25) is 5.88 Å². The Morgan fingerprint density at radius 1 is 1.10 bits per heavy atom. The molecule has 0 fully saturated rings. The van der Waals surface area contributed by atoms with Gasteiger partial charge in [0.1, 0.15) is 5.75 Å². The summed E-state index contributed by atoms with van der Waals surface area (Å²) in [6, 6.07) is 14.9.